The Labute approximate surface area is 146 Å². The molecule has 1 atom stereocenters. The van der Waals surface area contributed by atoms with Crippen molar-refractivity contribution < 1.29 is 4.79 Å². The number of benzene rings is 1. The molecule has 1 aliphatic rings. The zero-order valence-electron chi connectivity index (χ0n) is 14.7. The number of H-pyrrole nitrogens is 1. The van der Waals surface area contributed by atoms with E-state index in [0.717, 1.165) is 11.1 Å². The van der Waals surface area contributed by atoms with E-state index >= 15 is 0 Å². The topological polar surface area (TPSA) is 95.3 Å². The van der Waals surface area contributed by atoms with E-state index in [2.05, 4.69) is 9.97 Å². The molecule has 0 bridgehead atoms. The first kappa shape index (κ1) is 17.2. The highest BCUT2D eigenvalue weighted by atomic mass is 16.2. The number of carbonyl (C=O) groups excluding carboxylic acids is 1. The Morgan fingerprint density at radius 3 is 2.64 bits per heavy atom. The number of anilines is 1. The first-order chi connectivity index (χ1) is 11.9. The highest BCUT2D eigenvalue weighted by Crippen LogP contribution is 2.24. The molecule has 7 heteroatoms. The Balaban J connectivity index is 1.88. The number of nitrogens with one attached hydrogen (secondary N) is 1. The highest BCUT2D eigenvalue weighted by molar-refractivity contribution is 5.83. The average molecular weight is 341 g/mol. The van der Waals surface area contributed by atoms with Crippen molar-refractivity contribution in [3.8, 4) is 0 Å². The number of hydrogen-bond acceptors (Lipinski definition) is 5. The minimum Gasteiger partial charge on any atom is -0.369 e. The van der Waals surface area contributed by atoms with Crippen LogP contribution in [0.1, 0.15) is 28.4 Å². The van der Waals surface area contributed by atoms with Crippen LogP contribution in [0.15, 0.2) is 29.1 Å². The van der Waals surface area contributed by atoms with Crippen molar-refractivity contribution in [2.45, 2.75) is 25.9 Å². The molecule has 1 aromatic heterocycles. The molecule has 1 aliphatic heterocycles. The molecule has 0 saturated carbocycles. The van der Waals surface area contributed by atoms with Gasteiger partial charge < -0.3 is 10.6 Å². The van der Waals surface area contributed by atoms with E-state index in [1.165, 1.54) is 0 Å². The number of hydrogen-bond donors (Lipinski definition) is 2. The predicted octanol–water partition coefficient (Wildman–Crippen LogP) is 0.848. The lowest BCUT2D eigenvalue weighted by molar-refractivity contribution is -0.137. The molecule has 2 heterocycles. The van der Waals surface area contributed by atoms with E-state index in [-0.39, 0.29) is 23.5 Å². The standard InChI is InChI=1S/C18H23N5O2/c1-11-4-6-12(7-5-11)15(22(2)3)17(25)23-9-8-13-14(10-23)20-18(19)21-16(13)24/h4-7,15H,8-10H2,1-3H3,(H3,19,20,21,24)/t15-/m1/s1. The van der Waals surface area contributed by atoms with Crippen LogP contribution in [0, 0.1) is 6.92 Å². The van der Waals surface area contributed by atoms with Gasteiger partial charge in [0.15, 0.2) is 0 Å². The summed E-state index contributed by atoms with van der Waals surface area (Å²) in [5.74, 6) is 0.0842. The number of likely N-dealkylation sites (N-methyl/N-ethyl adjacent to an activating group) is 1. The van der Waals surface area contributed by atoms with Gasteiger partial charge in [-0.1, -0.05) is 29.8 Å². The number of carbonyl (C=O) groups is 1. The van der Waals surface area contributed by atoms with Crippen LogP contribution in [0.2, 0.25) is 0 Å². The molecular weight excluding hydrogens is 318 g/mol. The number of aromatic nitrogens is 2. The highest BCUT2D eigenvalue weighted by Gasteiger charge is 2.31. The lowest BCUT2D eigenvalue weighted by Gasteiger charge is -2.33. The Bertz CT molecular complexity index is 842. The molecule has 0 unspecified atom stereocenters. The summed E-state index contributed by atoms with van der Waals surface area (Å²) in [6.07, 6.45) is 0.484. The van der Waals surface area contributed by atoms with Crippen molar-refractivity contribution in [3.63, 3.8) is 0 Å². The van der Waals surface area contributed by atoms with Gasteiger partial charge in [-0.25, -0.2) is 4.98 Å². The van der Waals surface area contributed by atoms with Gasteiger partial charge in [0.1, 0.15) is 6.04 Å². The predicted molar refractivity (Wildman–Crippen MR) is 96.0 cm³/mol. The van der Waals surface area contributed by atoms with E-state index in [0.29, 0.717) is 30.8 Å². The molecule has 3 N–H and O–H groups in total. The van der Waals surface area contributed by atoms with Crippen molar-refractivity contribution in [1.29, 1.82) is 0 Å². The van der Waals surface area contributed by atoms with Crippen molar-refractivity contribution in [2.75, 3.05) is 26.4 Å². The summed E-state index contributed by atoms with van der Waals surface area (Å²) in [6.45, 7) is 2.82. The summed E-state index contributed by atoms with van der Waals surface area (Å²) in [4.78, 5) is 35.5. The average Bonchev–Trinajstić information content (AvgIpc) is 2.55. The van der Waals surface area contributed by atoms with Gasteiger partial charge in [0.25, 0.3) is 5.56 Å². The minimum absolute atomic E-state index is 0.000145. The first-order valence-corrected chi connectivity index (χ1v) is 8.26. The van der Waals surface area contributed by atoms with Crippen molar-refractivity contribution in [2.24, 2.45) is 0 Å². The quantitative estimate of drug-likeness (QED) is 0.863. The third-order valence-electron chi connectivity index (χ3n) is 4.55. The number of aromatic amines is 1. The van der Waals surface area contributed by atoms with Crippen LogP contribution < -0.4 is 11.3 Å². The number of fused-ring (bicyclic) bond motifs is 1. The minimum atomic E-state index is -0.374. The van der Waals surface area contributed by atoms with Crippen LogP contribution in [0.4, 0.5) is 5.95 Å². The van der Waals surface area contributed by atoms with Crippen LogP contribution in [0.5, 0.6) is 0 Å². The van der Waals surface area contributed by atoms with Crippen molar-refractivity contribution >= 4 is 11.9 Å². The third kappa shape index (κ3) is 3.41. The molecule has 1 amide bonds. The van der Waals surface area contributed by atoms with Crippen molar-refractivity contribution in [3.05, 3.63) is 57.0 Å². The largest absolute Gasteiger partial charge is 0.369 e. The fraction of sp³-hybridized carbons (Fsp3) is 0.389. The fourth-order valence-corrected chi connectivity index (χ4v) is 3.23. The van der Waals surface area contributed by atoms with Gasteiger partial charge >= 0.3 is 0 Å². The molecule has 25 heavy (non-hydrogen) atoms. The molecular formula is C18H23N5O2. The second kappa shape index (κ2) is 6.68. The van der Waals surface area contributed by atoms with Crippen LogP contribution in [-0.4, -0.2) is 46.3 Å². The van der Waals surface area contributed by atoms with Gasteiger partial charge in [-0.2, -0.15) is 0 Å². The maximum Gasteiger partial charge on any atom is 0.255 e. The zero-order chi connectivity index (χ0) is 18.1. The third-order valence-corrected chi connectivity index (χ3v) is 4.55. The molecule has 0 spiro atoms. The Morgan fingerprint density at radius 2 is 2.00 bits per heavy atom. The summed E-state index contributed by atoms with van der Waals surface area (Å²) < 4.78 is 0. The SMILES string of the molecule is Cc1ccc([C@H](C(=O)N2CCc3c(nc(N)[nH]c3=O)C2)N(C)C)cc1. The van der Waals surface area contributed by atoms with Gasteiger partial charge in [-0.3, -0.25) is 19.5 Å². The van der Waals surface area contributed by atoms with Gasteiger partial charge in [0.05, 0.1) is 12.2 Å². The fourth-order valence-electron chi connectivity index (χ4n) is 3.23. The molecule has 1 aromatic carbocycles. The van der Waals surface area contributed by atoms with Gasteiger partial charge in [-0.05, 0) is 33.0 Å². The van der Waals surface area contributed by atoms with Crippen LogP contribution >= 0.6 is 0 Å². The number of aryl methyl sites for hydroxylation is 1. The summed E-state index contributed by atoms with van der Waals surface area (Å²) in [5.41, 5.74) is 8.74. The molecule has 7 nitrogen and oxygen atoms in total. The number of rotatable bonds is 3. The molecule has 0 aliphatic carbocycles. The van der Waals surface area contributed by atoms with E-state index in [1.807, 2.05) is 50.2 Å². The number of nitrogens with zero attached hydrogens (tertiary/aromatic N) is 3. The molecule has 0 saturated heterocycles. The number of nitrogen functional groups attached to an aromatic ring is 1. The van der Waals surface area contributed by atoms with E-state index in [1.54, 1.807) is 4.90 Å². The number of nitrogens with two attached hydrogens (primary N) is 1. The Morgan fingerprint density at radius 1 is 1.32 bits per heavy atom. The molecule has 3 rings (SSSR count). The van der Waals surface area contributed by atoms with E-state index < -0.39 is 0 Å². The normalized spacial score (nSPS) is 15.1. The molecule has 132 valence electrons. The van der Waals surface area contributed by atoms with Crippen LogP contribution in [-0.2, 0) is 17.8 Å². The molecule has 2 aromatic rings. The van der Waals surface area contributed by atoms with Gasteiger partial charge in [0.2, 0.25) is 11.9 Å². The van der Waals surface area contributed by atoms with Crippen LogP contribution in [0.25, 0.3) is 0 Å². The summed E-state index contributed by atoms with van der Waals surface area (Å²) in [7, 11) is 3.78. The summed E-state index contributed by atoms with van der Waals surface area (Å²) in [5, 5.41) is 0. The molecule has 0 radical (unpaired) electrons. The van der Waals surface area contributed by atoms with Crippen molar-refractivity contribution in [1.82, 2.24) is 19.8 Å². The monoisotopic (exact) mass is 341 g/mol. The lowest BCUT2D eigenvalue weighted by Crippen LogP contribution is -2.44. The van der Waals surface area contributed by atoms with Gasteiger partial charge in [0, 0.05) is 12.1 Å². The van der Waals surface area contributed by atoms with E-state index in [4.69, 9.17) is 5.73 Å². The zero-order valence-corrected chi connectivity index (χ0v) is 14.7. The maximum absolute atomic E-state index is 13.1. The van der Waals surface area contributed by atoms with Crippen LogP contribution in [0.3, 0.4) is 0 Å². The number of amides is 1. The maximum atomic E-state index is 13.1. The first-order valence-electron chi connectivity index (χ1n) is 8.26. The molecule has 0 fully saturated rings. The Hall–Kier alpha value is -2.67. The second-order valence-corrected chi connectivity index (χ2v) is 6.66. The summed E-state index contributed by atoms with van der Waals surface area (Å²) in [6, 6.07) is 7.60. The second-order valence-electron chi connectivity index (χ2n) is 6.66. The Kier molecular flexibility index (Phi) is 4.59. The summed E-state index contributed by atoms with van der Waals surface area (Å²) >= 11 is 0. The smallest absolute Gasteiger partial charge is 0.255 e. The van der Waals surface area contributed by atoms with E-state index in [9.17, 15) is 9.59 Å². The van der Waals surface area contributed by atoms with Gasteiger partial charge in [-0.15, -0.1) is 0 Å². The lowest BCUT2D eigenvalue weighted by atomic mass is 10.0.